The first-order valence-corrected chi connectivity index (χ1v) is 13.7. The van der Waals surface area contributed by atoms with Crippen LogP contribution >= 0.6 is 11.3 Å². The van der Waals surface area contributed by atoms with Crippen molar-refractivity contribution in [3.63, 3.8) is 0 Å². The molecule has 184 valence electrons. The zero-order valence-corrected chi connectivity index (χ0v) is 21.1. The monoisotopic (exact) mass is 489 g/mol. The molecule has 2 aromatic carbocycles. The highest BCUT2D eigenvalue weighted by Crippen LogP contribution is 2.35. The summed E-state index contributed by atoms with van der Waals surface area (Å²) in [4.78, 5) is 18.5. The van der Waals surface area contributed by atoms with Crippen LogP contribution in [0.2, 0.25) is 0 Å². The number of carboxylic acids is 1. The zero-order valence-electron chi connectivity index (χ0n) is 20.3. The third-order valence-electron chi connectivity index (χ3n) is 7.46. The second-order valence-electron chi connectivity index (χ2n) is 10.1. The highest BCUT2D eigenvalue weighted by atomic mass is 32.1. The molecule has 1 heterocycles. The van der Waals surface area contributed by atoms with Gasteiger partial charge in [-0.15, -0.1) is 11.3 Å². The molecule has 0 amide bonds. The summed E-state index contributed by atoms with van der Waals surface area (Å²) in [6, 6.07) is 15.8. The van der Waals surface area contributed by atoms with Gasteiger partial charge in [-0.3, -0.25) is 0 Å². The number of thiazole rings is 1. The number of hydrogen-bond acceptors (Lipinski definition) is 6. The second-order valence-corrected chi connectivity index (χ2v) is 10.9. The Hall–Kier alpha value is -2.86. The van der Waals surface area contributed by atoms with Crippen molar-refractivity contribution in [3.8, 4) is 17.0 Å². The number of ether oxygens (including phenoxy) is 1. The molecule has 1 aromatic heterocycles. The van der Waals surface area contributed by atoms with Gasteiger partial charge in [-0.1, -0.05) is 44.0 Å². The van der Waals surface area contributed by atoms with E-state index >= 15 is 0 Å². The summed E-state index contributed by atoms with van der Waals surface area (Å²) in [6.45, 7) is 3.05. The van der Waals surface area contributed by atoms with E-state index in [1.54, 1.807) is 23.5 Å². The Balaban J connectivity index is 1.29. The lowest BCUT2D eigenvalue weighted by atomic mass is 9.89. The number of carbonyl (C=O) groups excluding carboxylic acids is 1. The molecule has 0 N–H and O–H groups in total. The number of aromatic carboxylic acids is 1. The third-order valence-corrected chi connectivity index (χ3v) is 8.34. The van der Waals surface area contributed by atoms with Crippen molar-refractivity contribution >= 4 is 22.4 Å². The van der Waals surface area contributed by atoms with Crippen LogP contribution in [-0.4, -0.2) is 23.1 Å². The lowest BCUT2D eigenvalue weighted by Gasteiger charge is -2.28. The minimum atomic E-state index is -1.14. The molecule has 2 saturated carbocycles. The van der Waals surface area contributed by atoms with Gasteiger partial charge in [-0.2, -0.15) is 0 Å². The number of hydrogen-bond donors (Lipinski definition) is 0. The maximum absolute atomic E-state index is 11.1. The molecule has 2 fully saturated rings. The van der Waals surface area contributed by atoms with Crippen LogP contribution in [0.3, 0.4) is 0 Å². The van der Waals surface area contributed by atoms with Crippen LogP contribution in [0, 0.1) is 5.92 Å². The van der Waals surface area contributed by atoms with Crippen LogP contribution < -0.4 is 14.7 Å². The van der Waals surface area contributed by atoms with Crippen LogP contribution in [0.4, 0.5) is 5.13 Å². The molecule has 0 aliphatic heterocycles. The van der Waals surface area contributed by atoms with E-state index in [1.807, 2.05) is 12.1 Å². The summed E-state index contributed by atoms with van der Waals surface area (Å²) in [7, 11) is 0. The summed E-state index contributed by atoms with van der Waals surface area (Å²) in [6.07, 6.45) is 9.94. The standard InChI is InChI=1S/C29H34N2O3S/c1-20-6-14-25(15-7-20)34-26-16-12-22(13-17-26)27-19-35-29(30-27)31(24-4-2-3-5-24)18-21-8-10-23(11-9-21)28(32)33/h8-13,16-17,19-20,24-25H,2-7,14-15,18H2,1H3,(H,32,33)/p-1. The van der Waals surface area contributed by atoms with Gasteiger partial charge in [-0.05, 0) is 79.8 Å². The Morgan fingerprint density at radius 3 is 2.34 bits per heavy atom. The summed E-state index contributed by atoms with van der Waals surface area (Å²) in [5.41, 5.74) is 3.38. The average molecular weight is 490 g/mol. The topological polar surface area (TPSA) is 65.5 Å². The van der Waals surface area contributed by atoms with Gasteiger partial charge in [0, 0.05) is 23.5 Å². The van der Waals surface area contributed by atoms with Crippen molar-refractivity contribution in [1.82, 2.24) is 4.98 Å². The van der Waals surface area contributed by atoms with E-state index in [2.05, 4.69) is 41.5 Å². The van der Waals surface area contributed by atoms with Crippen molar-refractivity contribution in [2.45, 2.75) is 77.0 Å². The minimum absolute atomic E-state index is 0.211. The molecule has 0 spiro atoms. The first kappa shape index (κ1) is 23.9. The van der Waals surface area contributed by atoms with Crippen LogP contribution in [0.5, 0.6) is 5.75 Å². The smallest absolute Gasteiger partial charge is 0.186 e. The van der Waals surface area contributed by atoms with Crippen LogP contribution in [0.15, 0.2) is 53.9 Å². The van der Waals surface area contributed by atoms with Crippen molar-refractivity contribution in [2.75, 3.05) is 4.90 Å². The van der Waals surface area contributed by atoms with E-state index in [4.69, 9.17) is 9.72 Å². The first-order chi connectivity index (χ1) is 17.0. The summed E-state index contributed by atoms with van der Waals surface area (Å²) < 4.78 is 6.23. The van der Waals surface area contributed by atoms with Crippen LogP contribution in [0.25, 0.3) is 11.3 Å². The molecular weight excluding hydrogens is 456 g/mol. The Morgan fingerprint density at radius 1 is 1.00 bits per heavy atom. The second kappa shape index (κ2) is 10.8. The number of nitrogens with zero attached hydrogens (tertiary/aromatic N) is 2. The molecule has 6 heteroatoms. The van der Waals surface area contributed by atoms with E-state index in [9.17, 15) is 9.90 Å². The molecule has 0 radical (unpaired) electrons. The van der Waals surface area contributed by atoms with Crippen molar-refractivity contribution in [1.29, 1.82) is 0 Å². The largest absolute Gasteiger partial charge is 0.545 e. The van der Waals surface area contributed by atoms with E-state index in [0.29, 0.717) is 12.1 Å². The minimum Gasteiger partial charge on any atom is -0.545 e. The van der Waals surface area contributed by atoms with Gasteiger partial charge in [-0.25, -0.2) is 4.98 Å². The molecule has 3 aromatic rings. The quantitative estimate of drug-likeness (QED) is 0.384. The number of carboxylic acid groups (broad SMARTS) is 1. The van der Waals surface area contributed by atoms with Gasteiger partial charge in [0.25, 0.3) is 0 Å². The molecule has 2 aliphatic carbocycles. The number of benzene rings is 2. The molecule has 0 atom stereocenters. The van der Waals surface area contributed by atoms with E-state index in [0.717, 1.165) is 65.8 Å². The summed E-state index contributed by atoms with van der Waals surface area (Å²) in [5, 5.41) is 14.3. The van der Waals surface area contributed by atoms with E-state index < -0.39 is 5.97 Å². The van der Waals surface area contributed by atoms with Crippen LogP contribution in [0.1, 0.15) is 74.2 Å². The molecule has 35 heavy (non-hydrogen) atoms. The molecule has 2 aliphatic rings. The fourth-order valence-corrected chi connectivity index (χ4v) is 6.19. The average Bonchev–Trinajstić information content (AvgIpc) is 3.58. The fourth-order valence-electron chi connectivity index (χ4n) is 5.28. The van der Waals surface area contributed by atoms with E-state index in [1.165, 1.54) is 25.7 Å². The highest BCUT2D eigenvalue weighted by Gasteiger charge is 2.25. The molecule has 5 rings (SSSR count). The Bertz CT molecular complexity index is 1110. The Morgan fingerprint density at radius 2 is 1.69 bits per heavy atom. The van der Waals surface area contributed by atoms with Gasteiger partial charge >= 0.3 is 0 Å². The van der Waals surface area contributed by atoms with Crippen molar-refractivity contribution in [3.05, 3.63) is 65.0 Å². The number of carbonyl (C=O) groups is 1. The number of anilines is 1. The van der Waals surface area contributed by atoms with Crippen molar-refractivity contribution < 1.29 is 14.6 Å². The molecule has 0 bridgehead atoms. The highest BCUT2D eigenvalue weighted by molar-refractivity contribution is 7.14. The molecule has 5 nitrogen and oxygen atoms in total. The van der Waals surface area contributed by atoms with Crippen LogP contribution in [-0.2, 0) is 6.54 Å². The Labute approximate surface area is 211 Å². The molecular formula is C29H33N2O3S-. The van der Waals surface area contributed by atoms with Crippen molar-refractivity contribution in [2.24, 2.45) is 5.92 Å². The lowest BCUT2D eigenvalue weighted by Crippen LogP contribution is -2.32. The summed E-state index contributed by atoms with van der Waals surface area (Å²) in [5.74, 6) is 0.621. The predicted octanol–water partition coefficient (Wildman–Crippen LogP) is 6.08. The van der Waals surface area contributed by atoms with Gasteiger partial charge in [0.2, 0.25) is 0 Å². The molecule has 0 saturated heterocycles. The van der Waals surface area contributed by atoms with Gasteiger partial charge < -0.3 is 19.5 Å². The van der Waals surface area contributed by atoms with Gasteiger partial charge in [0.1, 0.15) is 5.75 Å². The SMILES string of the molecule is CC1CCC(Oc2ccc(-c3csc(N(Cc4ccc(C(=O)[O-])cc4)C4CCCC4)n3)cc2)CC1. The third kappa shape index (κ3) is 5.87. The van der Waals surface area contributed by atoms with Gasteiger partial charge in [0.15, 0.2) is 5.13 Å². The van der Waals surface area contributed by atoms with E-state index in [-0.39, 0.29) is 5.56 Å². The fraction of sp³-hybridized carbons (Fsp3) is 0.448. The maximum atomic E-state index is 11.1. The predicted molar refractivity (Wildman–Crippen MR) is 139 cm³/mol. The Kier molecular flexibility index (Phi) is 7.37. The lowest BCUT2D eigenvalue weighted by molar-refractivity contribution is -0.255. The normalized spacial score (nSPS) is 20.6. The van der Waals surface area contributed by atoms with Gasteiger partial charge in [0.05, 0.1) is 17.8 Å². The zero-order chi connectivity index (χ0) is 24.2. The number of aromatic nitrogens is 1. The molecule has 0 unspecified atom stereocenters. The first-order valence-electron chi connectivity index (χ1n) is 12.8. The maximum Gasteiger partial charge on any atom is 0.186 e. The number of rotatable bonds is 8. The summed E-state index contributed by atoms with van der Waals surface area (Å²) >= 11 is 1.68.